The quantitative estimate of drug-likeness (QED) is 0.616. The molecule has 1 aromatic heterocycles. The van der Waals surface area contributed by atoms with Gasteiger partial charge in [0, 0.05) is 46.2 Å². The maximum absolute atomic E-state index is 12.1. The SMILES string of the molecule is CN=C(NCc1cccc(N(C)C)n1)NC1CCN(C(=O)C(C)C)C1. The van der Waals surface area contributed by atoms with Crippen LogP contribution in [0.15, 0.2) is 23.2 Å². The summed E-state index contributed by atoms with van der Waals surface area (Å²) in [7, 11) is 5.71. The minimum atomic E-state index is 0.0474. The van der Waals surface area contributed by atoms with Crippen molar-refractivity contribution in [2.45, 2.75) is 32.9 Å². The fourth-order valence-corrected chi connectivity index (χ4v) is 2.82. The molecule has 138 valence electrons. The number of pyridine rings is 1. The number of rotatable bonds is 5. The molecule has 1 aromatic rings. The fraction of sp³-hybridized carbons (Fsp3) is 0.611. The van der Waals surface area contributed by atoms with E-state index in [-0.39, 0.29) is 17.9 Å². The zero-order valence-corrected chi connectivity index (χ0v) is 15.9. The van der Waals surface area contributed by atoms with E-state index < -0.39 is 0 Å². The number of nitrogens with zero attached hydrogens (tertiary/aromatic N) is 4. The summed E-state index contributed by atoms with van der Waals surface area (Å²) in [5.41, 5.74) is 0.956. The molecule has 7 heteroatoms. The topological polar surface area (TPSA) is 72.9 Å². The highest BCUT2D eigenvalue weighted by Crippen LogP contribution is 2.13. The number of likely N-dealkylation sites (tertiary alicyclic amines) is 1. The van der Waals surface area contributed by atoms with E-state index in [0.29, 0.717) is 6.54 Å². The highest BCUT2D eigenvalue weighted by Gasteiger charge is 2.27. The third-order valence-corrected chi connectivity index (χ3v) is 4.25. The first-order valence-corrected chi connectivity index (χ1v) is 8.80. The standard InChI is InChI=1S/C18H30N6O/c1-13(2)17(25)24-10-9-15(12-24)22-18(19-3)20-11-14-7-6-8-16(21-14)23(4)5/h6-8,13,15H,9-12H2,1-5H3,(H2,19,20,22). The Morgan fingerprint density at radius 3 is 2.84 bits per heavy atom. The van der Waals surface area contributed by atoms with Crippen LogP contribution in [0.4, 0.5) is 5.82 Å². The average Bonchev–Trinajstić information content (AvgIpc) is 3.06. The zero-order chi connectivity index (χ0) is 18.4. The Kier molecular flexibility index (Phi) is 6.61. The van der Waals surface area contributed by atoms with Gasteiger partial charge in [-0.1, -0.05) is 19.9 Å². The van der Waals surface area contributed by atoms with Crippen molar-refractivity contribution >= 4 is 17.7 Å². The second-order valence-electron chi connectivity index (χ2n) is 6.88. The summed E-state index contributed by atoms with van der Waals surface area (Å²) >= 11 is 0. The van der Waals surface area contributed by atoms with Crippen LogP contribution in [0.1, 0.15) is 26.0 Å². The summed E-state index contributed by atoms with van der Waals surface area (Å²) in [6, 6.07) is 6.21. The first kappa shape index (κ1) is 19.0. The second-order valence-corrected chi connectivity index (χ2v) is 6.88. The Labute approximate surface area is 150 Å². The molecule has 1 unspecified atom stereocenters. The number of carbonyl (C=O) groups excluding carboxylic acids is 1. The van der Waals surface area contributed by atoms with Crippen LogP contribution >= 0.6 is 0 Å². The summed E-state index contributed by atoms with van der Waals surface area (Å²) in [5.74, 6) is 1.94. The smallest absolute Gasteiger partial charge is 0.225 e. The van der Waals surface area contributed by atoms with Crippen molar-refractivity contribution < 1.29 is 4.79 Å². The van der Waals surface area contributed by atoms with Crippen molar-refractivity contribution in [3.63, 3.8) is 0 Å². The minimum Gasteiger partial charge on any atom is -0.363 e. The molecule has 2 N–H and O–H groups in total. The Morgan fingerprint density at radius 1 is 1.44 bits per heavy atom. The molecule has 1 aliphatic rings. The van der Waals surface area contributed by atoms with Crippen molar-refractivity contribution in [1.82, 2.24) is 20.5 Å². The van der Waals surface area contributed by atoms with Gasteiger partial charge in [-0.25, -0.2) is 4.98 Å². The molecule has 2 heterocycles. The van der Waals surface area contributed by atoms with Crippen LogP contribution in [-0.2, 0) is 11.3 Å². The van der Waals surface area contributed by atoms with E-state index in [1.54, 1.807) is 7.05 Å². The van der Waals surface area contributed by atoms with Gasteiger partial charge in [-0.15, -0.1) is 0 Å². The number of aliphatic imine (C=N–C) groups is 1. The molecule has 1 atom stereocenters. The Hall–Kier alpha value is -2.31. The summed E-state index contributed by atoms with van der Waals surface area (Å²) in [6.45, 7) is 6.02. The van der Waals surface area contributed by atoms with Crippen LogP contribution in [0.25, 0.3) is 0 Å². The van der Waals surface area contributed by atoms with Crippen molar-refractivity contribution in [3.05, 3.63) is 23.9 Å². The van der Waals surface area contributed by atoms with Crippen LogP contribution < -0.4 is 15.5 Å². The van der Waals surface area contributed by atoms with Crippen LogP contribution in [0.3, 0.4) is 0 Å². The number of amides is 1. The molecular weight excluding hydrogens is 316 g/mol. The summed E-state index contributed by atoms with van der Waals surface area (Å²) in [5, 5.41) is 6.70. The van der Waals surface area contributed by atoms with Crippen LogP contribution in [0.2, 0.25) is 0 Å². The normalized spacial score (nSPS) is 17.8. The number of anilines is 1. The summed E-state index contributed by atoms with van der Waals surface area (Å²) < 4.78 is 0. The van der Waals surface area contributed by atoms with Gasteiger partial charge in [-0.05, 0) is 18.6 Å². The molecule has 0 spiro atoms. The lowest BCUT2D eigenvalue weighted by molar-refractivity contribution is -0.133. The van der Waals surface area contributed by atoms with E-state index in [1.165, 1.54) is 0 Å². The van der Waals surface area contributed by atoms with Gasteiger partial charge in [0.15, 0.2) is 5.96 Å². The maximum atomic E-state index is 12.1. The molecule has 0 saturated carbocycles. The fourth-order valence-electron chi connectivity index (χ4n) is 2.82. The Morgan fingerprint density at radius 2 is 2.20 bits per heavy atom. The molecule has 2 rings (SSSR count). The van der Waals surface area contributed by atoms with Gasteiger partial charge in [-0.3, -0.25) is 9.79 Å². The Bertz CT molecular complexity index is 613. The van der Waals surface area contributed by atoms with Crippen LogP contribution in [-0.4, -0.2) is 62.0 Å². The van der Waals surface area contributed by atoms with Gasteiger partial charge in [0.05, 0.1) is 12.2 Å². The van der Waals surface area contributed by atoms with Crippen LogP contribution in [0.5, 0.6) is 0 Å². The van der Waals surface area contributed by atoms with Gasteiger partial charge < -0.3 is 20.4 Å². The largest absolute Gasteiger partial charge is 0.363 e. The van der Waals surface area contributed by atoms with Gasteiger partial charge in [0.1, 0.15) is 5.82 Å². The summed E-state index contributed by atoms with van der Waals surface area (Å²) in [6.07, 6.45) is 0.938. The third kappa shape index (κ3) is 5.34. The van der Waals surface area contributed by atoms with Crippen molar-refractivity contribution in [3.8, 4) is 0 Å². The van der Waals surface area contributed by atoms with Crippen molar-refractivity contribution in [1.29, 1.82) is 0 Å². The van der Waals surface area contributed by atoms with Gasteiger partial charge in [0.2, 0.25) is 5.91 Å². The zero-order valence-electron chi connectivity index (χ0n) is 15.9. The van der Waals surface area contributed by atoms with Crippen molar-refractivity contribution in [2.75, 3.05) is 39.1 Å². The lowest BCUT2D eigenvalue weighted by Gasteiger charge is -2.20. The molecule has 1 fully saturated rings. The molecule has 1 saturated heterocycles. The average molecular weight is 346 g/mol. The minimum absolute atomic E-state index is 0.0474. The van der Waals surface area contributed by atoms with E-state index in [9.17, 15) is 4.79 Å². The molecule has 25 heavy (non-hydrogen) atoms. The number of guanidine groups is 1. The maximum Gasteiger partial charge on any atom is 0.225 e. The third-order valence-electron chi connectivity index (χ3n) is 4.25. The first-order chi connectivity index (χ1) is 11.9. The predicted molar refractivity (Wildman–Crippen MR) is 102 cm³/mol. The van der Waals surface area contributed by atoms with Gasteiger partial charge >= 0.3 is 0 Å². The molecule has 1 aliphatic heterocycles. The van der Waals surface area contributed by atoms with E-state index in [1.807, 2.05) is 55.9 Å². The highest BCUT2D eigenvalue weighted by molar-refractivity contribution is 5.81. The second kappa shape index (κ2) is 8.69. The lowest BCUT2D eigenvalue weighted by Crippen LogP contribution is -2.45. The highest BCUT2D eigenvalue weighted by atomic mass is 16.2. The monoisotopic (exact) mass is 346 g/mol. The molecule has 0 aliphatic carbocycles. The molecule has 1 amide bonds. The van der Waals surface area contributed by atoms with Gasteiger partial charge in [-0.2, -0.15) is 0 Å². The number of aromatic nitrogens is 1. The van der Waals surface area contributed by atoms with E-state index >= 15 is 0 Å². The number of carbonyl (C=O) groups is 1. The number of nitrogens with one attached hydrogen (secondary N) is 2. The molecular formula is C18H30N6O. The molecule has 0 bridgehead atoms. The van der Waals surface area contributed by atoms with Crippen molar-refractivity contribution in [2.24, 2.45) is 10.9 Å². The predicted octanol–water partition coefficient (Wildman–Crippen LogP) is 1.07. The lowest BCUT2D eigenvalue weighted by atomic mass is 10.2. The molecule has 7 nitrogen and oxygen atoms in total. The molecule has 0 radical (unpaired) electrons. The van der Waals surface area contributed by atoms with Crippen LogP contribution in [0, 0.1) is 5.92 Å². The Balaban J connectivity index is 1.85. The van der Waals surface area contributed by atoms with E-state index in [4.69, 9.17) is 0 Å². The first-order valence-electron chi connectivity index (χ1n) is 8.80. The summed E-state index contributed by atoms with van der Waals surface area (Å²) in [4.78, 5) is 24.9. The number of hydrogen-bond donors (Lipinski definition) is 2. The van der Waals surface area contributed by atoms with E-state index in [0.717, 1.165) is 37.0 Å². The van der Waals surface area contributed by atoms with Gasteiger partial charge in [0.25, 0.3) is 0 Å². The molecule has 0 aromatic carbocycles. The van der Waals surface area contributed by atoms with E-state index in [2.05, 4.69) is 20.6 Å². The number of hydrogen-bond acceptors (Lipinski definition) is 4.